The fourth-order valence-electron chi connectivity index (χ4n) is 22.6. The number of hydrogen-bond acceptors (Lipinski definition) is 5. The van der Waals surface area contributed by atoms with Gasteiger partial charge in [0.15, 0.2) is 0 Å². The van der Waals surface area contributed by atoms with Crippen LogP contribution < -0.4 is 0 Å². The average molecular weight is 913 g/mol. The first-order valence-electron chi connectivity index (χ1n) is 28.7. The van der Waals surface area contributed by atoms with Crippen molar-refractivity contribution in [3.05, 3.63) is 0 Å². The lowest BCUT2D eigenvalue weighted by atomic mass is 9.37. The van der Waals surface area contributed by atoms with Crippen molar-refractivity contribution < 1.29 is 23.7 Å². The van der Waals surface area contributed by atoms with Crippen molar-refractivity contribution in [1.82, 2.24) is 0 Å². The molecule has 0 radical (unpaired) electrons. The first-order chi connectivity index (χ1) is 30.4. The lowest BCUT2D eigenvalue weighted by Crippen LogP contribution is -2.65. The van der Waals surface area contributed by atoms with Gasteiger partial charge in [-0.25, -0.2) is 0 Å². The summed E-state index contributed by atoms with van der Waals surface area (Å²) in [5.74, 6) is 5.77. The number of rotatable bonds is 8. The van der Waals surface area contributed by atoms with Crippen LogP contribution in [0, 0.1) is 84.7 Å². The lowest BCUT2D eigenvalue weighted by Gasteiger charge is -2.64. The largest absolute Gasteiger partial charge is 0.367 e. The van der Waals surface area contributed by atoms with E-state index in [-0.39, 0.29) is 49.9 Å². The number of ketones is 1. The van der Waals surface area contributed by atoms with Gasteiger partial charge in [0.25, 0.3) is 0 Å². The molecule has 5 nitrogen and oxygen atoms in total. The first-order valence-corrected chi connectivity index (χ1v) is 28.7. The van der Waals surface area contributed by atoms with Crippen LogP contribution in [0.3, 0.4) is 0 Å². The van der Waals surface area contributed by atoms with E-state index in [9.17, 15) is 4.79 Å². The third kappa shape index (κ3) is 5.44. The number of Topliss-reactive ketones (excluding diaryl/α,β-unsaturated/α-hetero) is 1. The Hall–Kier alpha value is -0.490. The normalized spacial score (nSPS) is 57.3. The molecule has 8 aliphatic carbocycles. The van der Waals surface area contributed by atoms with E-state index in [4.69, 9.17) is 18.9 Å². The second-order valence-electron chi connectivity index (χ2n) is 30.8. The van der Waals surface area contributed by atoms with Gasteiger partial charge in [0.05, 0.1) is 23.4 Å². The molecule has 0 amide bonds. The quantitative estimate of drug-likeness (QED) is 0.227. The van der Waals surface area contributed by atoms with Crippen LogP contribution in [-0.2, 0) is 23.7 Å². The molecule has 0 aromatic carbocycles. The molecule has 12 aliphatic rings. The van der Waals surface area contributed by atoms with Crippen molar-refractivity contribution >= 4 is 5.78 Å². The van der Waals surface area contributed by atoms with Crippen molar-refractivity contribution in [1.29, 1.82) is 0 Å². The van der Waals surface area contributed by atoms with Gasteiger partial charge in [-0.1, -0.05) is 90.0 Å². The predicted molar refractivity (Wildman–Crippen MR) is 266 cm³/mol. The van der Waals surface area contributed by atoms with Crippen molar-refractivity contribution in [3.8, 4) is 0 Å². The summed E-state index contributed by atoms with van der Waals surface area (Å²) in [6, 6.07) is 0. The molecule has 374 valence electrons. The second-order valence-corrected chi connectivity index (χ2v) is 30.8. The van der Waals surface area contributed by atoms with E-state index < -0.39 is 0 Å². The Kier molecular flexibility index (Phi) is 9.97. The molecule has 4 aliphatic heterocycles. The maximum absolute atomic E-state index is 12.9. The summed E-state index contributed by atoms with van der Waals surface area (Å²) in [7, 11) is 0. The summed E-state index contributed by atoms with van der Waals surface area (Å²) in [6.45, 7) is 42.0. The van der Waals surface area contributed by atoms with Crippen molar-refractivity contribution in [2.24, 2.45) is 84.7 Å². The molecule has 0 aromatic rings. The molecule has 12 rings (SSSR count). The van der Waals surface area contributed by atoms with Gasteiger partial charge in [-0.05, 0) is 207 Å². The van der Waals surface area contributed by atoms with E-state index in [1.165, 1.54) is 109 Å². The molecule has 0 aromatic heterocycles. The fourth-order valence-corrected chi connectivity index (χ4v) is 22.6. The highest BCUT2D eigenvalue weighted by Gasteiger charge is 2.91. The zero-order valence-corrected chi connectivity index (χ0v) is 45.9. The van der Waals surface area contributed by atoms with Gasteiger partial charge in [0.1, 0.15) is 28.2 Å². The van der Waals surface area contributed by atoms with Crippen molar-refractivity contribution in [3.63, 3.8) is 0 Å². The van der Waals surface area contributed by atoms with E-state index in [1.807, 2.05) is 0 Å². The number of carbonyl (C=O) groups excluding carboxylic acids is 1. The highest BCUT2D eigenvalue weighted by atomic mass is 16.6. The van der Waals surface area contributed by atoms with Crippen LogP contribution in [0.15, 0.2) is 0 Å². The summed E-state index contributed by atoms with van der Waals surface area (Å²) in [4.78, 5) is 12.9. The molecule has 12 fully saturated rings. The zero-order valence-electron chi connectivity index (χ0n) is 45.9. The molecule has 4 heterocycles. The number of fused-ring (bicyclic) bond motifs is 4. The summed E-state index contributed by atoms with van der Waals surface area (Å²) >= 11 is 0. The topological polar surface area (TPSA) is 67.2 Å². The standard InChI is InChI=1S/C31H52O2.C30H48O3/c1-20(10-11-24-26(5,6)32-24)22-13-16-29(9)27(22,7)18-19-30-28(8)15-12-21(2)25(3,4)23(28)14-17-31(29,30)33-30;1-19(9-10-23-25(4,5)32-23)20-11-15-28(8)26(20,6)17-18-29-27(7)14-13-22(31)24(2,3)21(27)12-16-30(28,29)33-29/h20-24H,10-19H2,1-9H3;19-21,23H,9-18H2,1-8H3/t20?,21-,22?,23-,24?,27+,28-,29+,30?,31?;19?,20?,21-,23?,26+,27-,28+,29?,30?/m00/s1. The molecule has 8 saturated carbocycles. The molecule has 0 bridgehead atoms. The molecule has 5 heteroatoms. The molecule has 19 atom stereocenters. The molecule has 66 heavy (non-hydrogen) atoms. The predicted octanol–water partition coefficient (Wildman–Crippen LogP) is 15.3. The molecular weight excluding hydrogens is 813 g/mol. The zero-order chi connectivity index (χ0) is 47.7. The number of carbonyl (C=O) groups is 1. The van der Waals surface area contributed by atoms with Crippen LogP contribution in [0.2, 0.25) is 0 Å². The first kappa shape index (κ1) is 47.8. The van der Waals surface area contributed by atoms with Crippen molar-refractivity contribution in [2.45, 2.75) is 292 Å². The SMILES string of the molecule is CC(CCC1OC1(C)C)C1CC[C@@]2(C)C34CC[C@H]5C(C)(C)C(=O)CC[C@]5(C)C3(CC[C@]12C)O4.CC(CCC1OC1(C)C)C1CC[C@@]2(C)C34CC[C@H]5C(C)(C)[C@@H](C)CC[C@]5(C)C3(CC[C@]12C)O4. The van der Waals surface area contributed by atoms with Gasteiger partial charge >= 0.3 is 0 Å². The summed E-state index contributed by atoms with van der Waals surface area (Å²) in [5.41, 5.74) is 2.76. The van der Waals surface area contributed by atoms with Crippen molar-refractivity contribution in [2.75, 3.05) is 0 Å². The maximum atomic E-state index is 12.9. The average Bonchev–Trinajstić information content (AvgIpc) is 4.19. The fraction of sp³-hybridized carbons (Fsp3) is 0.984. The van der Waals surface area contributed by atoms with Gasteiger partial charge in [0, 0.05) is 33.5 Å². The highest BCUT2D eigenvalue weighted by Crippen LogP contribution is 2.88. The molecule has 10 unspecified atom stereocenters. The van der Waals surface area contributed by atoms with Gasteiger partial charge < -0.3 is 18.9 Å². The highest BCUT2D eigenvalue weighted by molar-refractivity contribution is 5.85. The molecule has 0 spiro atoms. The maximum Gasteiger partial charge on any atom is 0.138 e. The minimum absolute atomic E-state index is 0.0130. The molecule has 4 saturated heterocycles. The van der Waals surface area contributed by atoms with Gasteiger partial charge in [-0.2, -0.15) is 0 Å². The smallest absolute Gasteiger partial charge is 0.138 e. The van der Waals surface area contributed by atoms with Gasteiger partial charge in [-0.15, -0.1) is 0 Å². The summed E-state index contributed by atoms with van der Waals surface area (Å²) < 4.78 is 26.4. The van der Waals surface area contributed by atoms with Crippen LogP contribution in [0.1, 0.15) is 246 Å². The van der Waals surface area contributed by atoms with E-state index in [0.717, 1.165) is 54.8 Å². The molecular formula is C61H100O5. The number of hydrogen-bond donors (Lipinski definition) is 0. The van der Waals surface area contributed by atoms with E-state index >= 15 is 0 Å². The number of ether oxygens (including phenoxy) is 4. The monoisotopic (exact) mass is 913 g/mol. The van der Waals surface area contributed by atoms with Crippen LogP contribution in [0.4, 0.5) is 0 Å². The van der Waals surface area contributed by atoms with Crippen LogP contribution in [-0.4, -0.2) is 51.6 Å². The Balaban J connectivity index is 0.000000146. The van der Waals surface area contributed by atoms with Crippen LogP contribution >= 0.6 is 0 Å². The summed E-state index contributed by atoms with van der Waals surface area (Å²) in [5, 5.41) is 0. The Morgan fingerprint density at radius 1 is 0.485 bits per heavy atom. The Morgan fingerprint density at radius 2 is 0.909 bits per heavy atom. The summed E-state index contributed by atoms with van der Waals surface area (Å²) in [6.07, 6.45) is 26.3. The second kappa shape index (κ2) is 13.8. The Morgan fingerprint density at radius 3 is 1.35 bits per heavy atom. The molecule has 0 N–H and O–H groups in total. The third-order valence-electron chi connectivity index (χ3n) is 27.9. The van der Waals surface area contributed by atoms with Crippen LogP contribution in [0.25, 0.3) is 0 Å². The minimum Gasteiger partial charge on any atom is -0.367 e. The Bertz CT molecular complexity index is 2020. The number of epoxide rings is 4. The Labute approximate surface area is 404 Å². The van der Waals surface area contributed by atoms with Gasteiger partial charge in [0.2, 0.25) is 0 Å². The van der Waals surface area contributed by atoms with E-state index in [2.05, 4.69) is 118 Å². The minimum atomic E-state index is -0.201. The van der Waals surface area contributed by atoms with E-state index in [0.29, 0.717) is 51.0 Å². The van der Waals surface area contributed by atoms with Crippen LogP contribution in [0.5, 0.6) is 0 Å². The lowest BCUT2D eigenvalue weighted by molar-refractivity contribution is -0.154. The van der Waals surface area contributed by atoms with Gasteiger partial charge in [-0.3, -0.25) is 4.79 Å². The van der Waals surface area contributed by atoms with E-state index in [1.54, 1.807) is 0 Å². The third-order valence-corrected chi connectivity index (χ3v) is 27.9.